The average molecular weight is 352 g/mol. The van der Waals surface area contributed by atoms with Crippen LogP contribution in [-0.4, -0.2) is 57.4 Å². The Kier molecular flexibility index (Phi) is 5.59. The molecule has 24 heavy (non-hydrogen) atoms. The molecule has 1 unspecified atom stereocenters. The van der Waals surface area contributed by atoms with Crippen LogP contribution in [0.1, 0.15) is 31.2 Å². The summed E-state index contributed by atoms with van der Waals surface area (Å²) in [4.78, 5) is 2.85. The molecule has 1 atom stereocenters. The second kappa shape index (κ2) is 7.52. The summed E-state index contributed by atoms with van der Waals surface area (Å²) in [6, 6.07) is 8.07. The zero-order chi connectivity index (χ0) is 17.2. The van der Waals surface area contributed by atoms with Gasteiger partial charge >= 0.3 is 0 Å². The Morgan fingerprint density at radius 3 is 2.33 bits per heavy atom. The number of rotatable bonds is 5. The summed E-state index contributed by atoms with van der Waals surface area (Å²) < 4.78 is 25.5. The zero-order valence-corrected chi connectivity index (χ0v) is 15.6. The molecule has 5 nitrogen and oxygen atoms in total. The fourth-order valence-corrected chi connectivity index (χ4v) is 4.76. The van der Waals surface area contributed by atoms with Gasteiger partial charge in [0.05, 0.1) is 4.90 Å². The molecule has 2 fully saturated rings. The third kappa shape index (κ3) is 3.99. The van der Waals surface area contributed by atoms with Gasteiger partial charge in [0.15, 0.2) is 0 Å². The monoisotopic (exact) mass is 351 g/mol. The molecule has 1 aromatic rings. The number of nitrogens with one attached hydrogen (secondary N) is 1. The van der Waals surface area contributed by atoms with Crippen LogP contribution in [0.4, 0.5) is 0 Å². The summed E-state index contributed by atoms with van der Waals surface area (Å²) in [6.45, 7) is 4.38. The van der Waals surface area contributed by atoms with Gasteiger partial charge in [-0.15, -0.1) is 0 Å². The van der Waals surface area contributed by atoms with E-state index in [0.29, 0.717) is 4.90 Å². The highest BCUT2D eigenvalue weighted by Crippen LogP contribution is 2.26. The maximum absolute atomic E-state index is 12.1. The van der Waals surface area contributed by atoms with Crippen molar-refractivity contribution in [2.75, 3.05) is 33.7 Å². The van der Waals surface area contributed by atoms with Gasteiger partial charge in [0.25, 0.3) is 0 Å². The number of likely N-dealkylation sites (tertiary alicyclic amines) is 1. The van der Waals surface area contributed by atoms with Crippen molar-refractivity contribution in [1.82, 2.24) is 14.5 Å². The van der Waals surface area contributed by atoms with E-state index in [4.69, 9.17) is 0 Å². The Morgan fingerprint density at radius 2 is 1.79 bits per heavy atom. The molecule has 0 radical (unpaired) electrons. The number of hydrogen-bond donors (Lipinski definition) is 1. The Balaban J connectivity index is 1.54. The molecule has 0 spiro atoms. The van der Waals surface area contributed by atoms with Gasteiger partial charge in [-0.05, 0) is 68.9 Å². The number of hydrogen-bond acceptors (Lipinski definition) is 4. The Morgan fingerprint density at radius 1 is 1.12 bits per heavy atom. The van der Waals surface area contributed by atoms with Gasteiger partial charge in [-0.25, -0.2) is 12.7 Å². The molecule has 0 saturated carbocycles. The van der Waals surface area contributed by atoms with Crippen molar-refractivity contribution in [3.63, 3.8) is 0 Å². The van der Waals surface area contributed by atoms with Gasteiger partial charge in [-0.2, -0.15) is 0 Å². The number of nitrogens with zero attached hydrogens (tertiary/aromatic N) is 2. The van der Waals surface area contributed by atoms with Gasteiger partial charge in [0.2, 0.25) is 10.0 Å². The van der Waals surface area contributed by atoms with E-state index in [0.717, 1.165) is 31.6 Å². The molecule has 1 aromatic carbocycles. The van der Waals surface area contributed by atoms with E-state index in [-0.39, 0.29) is 0 Å². The van der Waals surface area contributed by atoms with Crippen molar-refractivity contribution < 1.29 is 8.42 Å². The summed E-state index contributed by atoms with van der Waals surface area (Å²) in [5, 5.41) is 3.64. The fourth-order valence-electron chi connectivity index (χ4n) is 3.86. The van der Waals surface area contributed by atoms with E-state index < -0.39 is 10.0 Å². The number of piperidine rings is 1. The quantitative estimate of drug-likeness (QED) is 0.880. The minimum absolute atomic E-state index is 0.363. The van der Waals surface area contributed by atoms with Crippen LogP contribution in [0.15, 0.2) is 29.2 Å². The van der Waals surface area contributed by atoms with Crippen LogP contribution in [-0.2, 0) is 16.6 Å². The first-order chi connectivity index (χ1) is 11.5. The molecule has 0 aliphatic carbocycles. The maximum Gasteiger partial charge on any atom is 0.242 e. The molecule has 134 valence electrons. The van der Waals surface area contributed by atoms with Crippen molar-refractivity contribution in [2.24, 2.45) is 5.92 Å². The van der Waals surface area contributed by atoms with Crippen molar-refractivity contribution in [3.05, 3.63) is 29.8 Å². The Bertz CT molecular complexity index is 629. The molecule has 1 N–H and O–H groups in total. The second-order valence-electron chi connectivity index (χ2n) is 7.25. The van der Waals surface area contributed by atoms with E-state index in [9.17, 15) is 8.42 Å². The van der Waals surface area contributed by atoms with Crippen LogP contribution in [0.5, 0.6) is 0 Å². The van der Waals surface area contributed by atoms with Crippen LogP contribution in [0, 0.1) is 5.92 Å². The summed E-state index contributed by atoms with van der Waals surface area (Å²) in [6.07, 6.45) is 5.20. The molecule has 0 aromatic heterocycles. The van der Waals surface area contributed by atoms with Crippen molar-refractivity contribution >= 4 is 10.0 Å². The third-order valence-corrected chi connectivity index (χ3v) is 7.24. The lowest BCUT2D eigenvalue weighted by atomic mass is 9.88. The molecule has 2 saturated heterocycles. The molecule has 6 heteroatoms. The summed E-state index contributed by atoms with van der Waals surface area (Å²) >= 11 is 0. The Labute approximate surface area is 146 Å². The van der Waals surface area contributed by atoms with Gasteiger partial charge in [-0.3, -0.25) is 4.90 Å². The van der Waals surface area contributed by atoms with E-state index in [2.05, 4.69) is 10.2 Å². The lowest BCUT2D eigenvalue weighted by Crippen LogP contribution is -2.40. The highest BCUT2D eigenvalue weighted by atomic mass is 32.2. The largest absolute Gasteiger partial charge is 0.314 e. The Hall–Kier alpha value is -0.950. The van der Waals surface area contributed by atoms with Gasteiger partial charge in [0, 0.05) is 26.7 Å². The first-order valence-corrected chi connectivity index (χ1v) is 10.4. The zero-order valence-electron chi connectivity index (χ0n) is 14.7. The van der Waals surface area contributed by atoms with Crippen LogP contribution in [0.3, 0.4) is 0 Å². The number of benzene rings is 1. The van der Waals surface area contributed by atoms with Crippen LogP contribution in [0.25, 0.3) is 0 Å². The molecule has 2 aliphatic heterocycles. The fraction of sp³-hybridized carbons (Fsp3) is 0.667. The lowest BCUT2D eigenvalue weighted by Gasteiger charge is -2.35. The van der Waals surface area contributed by atoms with E-state index in [1.54, 1.807) is 26.2 Å². The summed E-state index contributed by atoms with van der Waals surface area (Å²) in [7, 11) is -0.207. The van der Waals surface area contributed by atoms with Crippen LogP contribution >= 0.6 is 0 Å². The predicted molar refractivity (Wildman–Crippen MR) is 96.3 cm³/mol. The molecular formula is C18H29N3O2S. The van der Waals surface area contributed by atoms with Crippen LogP contribution < -0.4 is 5.32 Å². The minimum Gasteiger partial charge on any atom is -0.314 e. The first-order valence-electron chi connectivity index (χ1n) is 8.94. The molecule has 2 heterocycles. The number of sulfonamides is 1. The van der Waals surface area contributed by atoms with Gasteiger partial charge < -0.3 is 5.32 Å². The van der Waals surface area contributed by atoms with Crippen LogP contribution in [0.2, 0.25) is 0 Å². The van der Waals surface area contributed by atoms with E-state index in [1.807, 2.05) is 12.1 Å². The molecular weight excluding hydrogens is 322 g/mol. The highest BCUT2D eigenvalue weighted by Gasteiger charge is 2.28. The molecule has 2 aliphatic rings. The smallest absolute Gasteiger partial charge is 0.242 e. The molecule has 0 amide bonds. The van der Waals surface area contributed by atoms with Gasteiger partial charge in [0.1, 0.15) is 0 Å². The first kappa shape index (κ1) is 17.9. The van der Waals surface area contributed by atoms with Crippen molar-refractivity contribution in [1.29, 1.82) is 0 Å². The standard InChI is InChI=1S/C18H29N3O2S/c1-20(2)24(22,23)17-7-5-15(6-8-17)14-21-12-9-16(10-13-21)18-4-3-11-19-18/h5-8,16,18-19H,3-4,9-14H2,1-2H3. The molecule has 3 rings (SSSR count). The third-order valence-electron chi connectivity index (χ3n) is 5.41. The lowest BCUT2D eigenvalue weighted by molar-refractivity contribution is 0.157. The highest BCUT2D eigenvalue weighted by molar-refractivity contribution is 7.89. The second-order valence-corrected chi connectivity index (χ2v) is 9.40. The van der Waals surface area contributed by atoms with E-state index in [1.165, 1.54) is 42.1 Å². The van der Waals surface area contributed by atoms with Gasteiger partial charge in [-0.1, -0.05) is 12.1 Å². The summed E-state index contributed by atoms with van der Waals surface area (Å²) in [5.41, 5.74) is 1.19. The van der Waals surface area contributed by atoms with E-state index >= 15 is 0 Å². The topological polar surface area (TPSA) is 52.7 Å². The predicted octanol–water partition coefficient (Wildman–Crippen LogP) is 1.90. The maximum atomic E-state index is 12.1. The molecule has 0 bridgehead atoms. The average Bonchev–Trinajstić information content (AvgIpc) is 3.10. The normalized spacial score (nSPS) is 23.9. The summed E-state index contributed by atoms with van der Waals surface area (Å²) in [5.74, 6) is 0.830. The SMILES string of the molecule is CN(C)S(=O)(=O)c1ccc(CN2CCC(C3CCCN3)CC2)cc1. The van der Waals surface area contributed by atoms with Crippen molar-refractivity contribution in [3.8, 4) is 0 Å². The van der Waals surface area contributed by atoms with Crippen molar-refractivity contribution in [2.45, 2.75) is 43.2 Å². The minimum atomic E-state index is -3.33.